The minimum absolute atomic E-state index is 0.0816. The molecule has 4 saturated carbocycles. The molecule has 4 bridgehead atoms. The number of carbonyl (C=O) groups excluding carboxylic acids is 1. The number of rotatable bonds is 2. The van der Waals surface area contributed by atoms with Crippen LogP contribution < -0.4 is 5.32 Å². The van der Waals surface area contributed by atoms with Gasteiger partial charge in [0.1, 0.15) is 5.69 Å². The SMILES string of the molecule is O=C(NC12CC3CC(CC(C3)C1)C2)c1cc2ccccc2[nH]1. The van der Waals surface area contributed by atoms with Crippen molar-refractivity contribution in [3.05, 3.63) is 36.0 Å². The van der Waals surface area contributed by atoms with Crippen LogP contribution >= 0.6 is 0 Å². The summed E-state index contributed by atoms with van der Waals surface area (Å²) in [5.41, 5.74) is 1.83. The molecule has 4 fully saturated rings. The molecule has 1 aromatic heterocycles. The zero-order valence-electron chi connectivity index (χ0n) is 12.8. The first-order valence-corrected chi connectivity index (χ1v) is 8.59. The summed E-state index contributed by atoms with van der Waals surface area (Å²) in [7, 11) is 0. The van der Waals surface area contributed by atoms with E-state index in [1.807, 2.05) is 30.3 Å². The Morgan fingerprint density at radius 1 is 1.05 bits per heavy atom. The standard InChI is InChI=1S/C19H22N2O/c22-18(17-8-15-3-1-2-4-16(15)20-17)21-19-9-12-5-13(10-19)7-14(6-12)11-19/h1-4,8,12-14,20H,5-7,9-11H2,(H,21,22). The predicted molar refractivity (Wildman–Crippen MR) is 86.7 cm³/mol. The van der Waals surface area contributed by atoms with Crippen LogP contribution in [0.3, 0.4) is 0 Å². The Bertz CT molecular complexity index is 676. The summed E-state index contributed by atoms with van der Waals surface area (Å²) in [6.45, 7) is 0. The lowest BCUT2D eigenvalue weighted by atomic mass is 9.53. The molecule has 0 radical (unpaired) electrons. The normalized spacial score (nSPS) is 35.9. The van der Waals surface area contributed by atoms with Gasteiger partial charge in [-0.05, 0) is 68.4 Å². The molecule has 3 nitrogen and oxygen atoms in total. The number of nitrogens with one attached hydrogen (secondary N) is 2. The minimum Gasteiger partial charge on any atom is -0.351 e. The maximum Gasteiger partial charge on any atom is 0.268 e. The number of para-hydroxylation sites is 1. The molecule has 1 amide bonds. The van der Waals surface area contributed by atoms with Crippen LogP contribution in [0.1, 0.15) is 49.0 Å². The Kier molecular flexibility index (Phi) is 2.53. The van der Waals surface area contributed by atoms with Crippen molar-refractivity contribution in [1.29, 1.82) is 0 Å². The molecule has 0 saturated heterocycles. The van der Waals surface area contributed by atoms with E-state index in [1.54, 1.807) is 0 Å². The highest BCUT2D eigenvalue weighted by atomic mass is 16.2. The number of carbonyl (C=O) groups is 1. The van der Waals surface area contributed by atoms with E-state index in [0.29, 0.717) is 5.69 Å². The Labute approximate surface area is 130 Å². The van der Waals surface area contributed by atoms with Crippen LogP contribution in [-0.4, -0.2) is 16.4 Å². The number of H-pyrrole nitrogens is 1. The van der Waals surface area contributed by atoms with Crippen molar-refractivity contribution >= 4 is 16.8 Å². The van der Waals surface area contributed by atoms with Gasteiger partial charge >= 0.3 is 0 Å². The van der Waals surface area contributed by atoms with Crippen molar-refractivity contribution in [2.24, 2.45) is 17.8 Å². The van der Waals surface area contributed by atoms with Gasteiger partial charge in [-0.3, -0.25) is 4.79 Å². The molecular formula is C19H22N2O. The summed E-state index contributed by atoms with van der Waals surface area (Å²) in [6.07, 6.45) is 7.81. The van der Waals surface area contributed by atoms with Crippen LogP contribution in [0.25, 0.3) is 10.9 Å². The van der Waals surface area contributed by atoms with E-state index in [0.717, 1.165) is 28.7 Å². The van der Waals surface area contributed by atoms with Gasteiger partial charge < -0.3 is 10.3 Å². The van der Waals surface area contributed by atoms with Gasteiger partial charge in [0.15, 0.2) is 0 Å². The molecule has 4 aliphatic carbocycles. The lowest BCUT2D eigenvalue weighted by Crippen LogP contribution is -2.59. The highest BCUT2D eigenvalue weighted by Gasteiger charge is 2.51. The van der Waals surface area contributed by atoms with Gasteiger partial charge in [0.25, 0.3) is 5.91 Å². The minimum atomic E-state index is 0.0816. The van der Waals surface area contributed by atoms with Crippen LogP contribution in [-0.2, 0) is 0 Å². The molecular weight excluding hydrogens is 272 g/mol. The van der Waals surface area contributed by atoms with E-state index in [4.69, 9.17) is 0 Å². The van der Waals surface area contributed by atoms with Crippen molar-refractivity contribution < 1.29 is 4.79 Å². The Morgan fingerprint density at radius 3 is 2.32 bits per heavy atom. The fraction of sp³-hybridized carbons (Fsp3) is 0.526. The summed E-state index contributed by atoms with van der Waals surface area (Å²) in [5, 5.41) is 4.54. The summed E-state index contributed by atoms with van der Waals surface area (Å²) in [4.78, 5) is 16.0. The molecule has 2 N–H and O–H groups in total. The summed E-state index contributed by atoms with van der Waals surface area (Å²) < 4.78 is 0. The second kappa shape index (κ2) is 4.37. The molecule has 2 aromatic rings. The van der Waals surface area contributed by atoms with Crippen molar-refractivity contribution in [2.75, 3.05) is 0 Å². The third kappa shape index (κ3) is 1.91. The largest absolute Gasteiger partial charge is 0.351 e. The monoisotopic (exact) mass is 294 g/mol. The summed E-state index contributed by atoms with van der Waals surface area (Å²) in [6, 6.07) is 10.1. The first kappa shape index (κ1) is 12.7. The smallest absolute Gasteiger partial charge is 0.268 e. The van der Waals surface area contributed by atoms with E-state index in [9.17, 15) is 4.79 Å². The van der Waals surface area contributed by atoms with Gasteiger partial charge in [-0.25, -0.2) is 0 Å². The Morgan fingerprint density at radius 2 is 1.68 bits per heavy atom. The Balaban J connectivity index is 1.42. The van der Waals surface area contributed by atoms with Gasteiger partial charge in [0.05, 0.1) is 0 Å². The van der Waals surface area contributed by atoms with Gasteiger partial charge in [-0.2, -0.15) is 0 Å². The number of hydrogen-bond acceptors (Lipinski definition) is 1. The quantitative estimate of drug-likeness (QED) is 0.867. The van der Waals surface area contributed by atoms with Crippen molar-refractivity contribution in [1.82, 2.24) is 10.3 Å². The van der Waals surface area contributed by atoms with Gasteiger partial charge in [0.2, 0.25) is 0 Å². The van der Waals surface area contributed by atoms with E-state index < -0.39 is 0 Å². The predicted octanol–water partition coefficient (Wildman–Crippen LogP) is 3.87. The molecule has 1 heterocycles. The maximum atomic E-state index is 12.8. The van der Waals surface area contributed by atoms with Crippen LogP contribution in [0.4, 0.5) is 0 Å². The fourth-order valence-electron chi connectivity index (χ4n) is 5.77. The van der Waals surface area contributed by atoms with Gasteiger partial charge in [-0.1, -0.05) is 18.2 Å². The zero-order valence-corrected chi connectivity index (χ0v) is 12.8. The van der Waals surface area contributed by atoms with Gasteiger partial charge in [0, 0.05) is 16.4 Å². The second-order valence-corrected chi connectivity index (χ2v) is 7.92. The molecule has 4 aliphatic rings. The third-order valence-corrected chi connectivity index (χ3v) is 6.19. The molecule has 0 atom stereocenters. The molecule has 0 spiro atoms. The van der Waals surface area contributed by atoms with Crippen LogP contribution in [0.5, 0.6) is 0 Å². The van der Waals surface area contributed by atoms with E-state index in [-0.39, 0.29) is 11.4 Å². The molecule has 22 heavy (non-hydrogen) atoms. The lowest BCUT2D eigenvalue weighted by molar-refractivity contribution is -0.0167. The maximum absolute atomic E-state index is 12.8. The molecule has 114 valence electrons. The highest BCUT2D eigenvalue weighted by molar-refractivity contribution is 5.98. The summed E-state index contributed by atoms with van der Waals surface area (Å²) in [5.74, 6) is 2.65. The van der Waals surface area contributed by atoms with E-state index in [2.05, 4.69) is 10.3 Å². The molecule has 0 unspecified atom stereocenters. The number of fused-ring (bicyclic) bond motifs is 1. The summed E-state index contributed by atoms with van der Waals surface area (Å²) >= 11 is 0. The van der Waals surface area contributed by atoms with Crippen molar-refractivity contribution in [3.8, 4) is 0 Å². The first-order valence-electron chi connectivity index (χ1n) is 8.59. The molecule has 6 rings (SSSR count). The van der Waals surface area contributed by atoms with Crippen LogP contribution in [0.2, 0.25) is 0 Å². The average Bonchev–Trinajstić information content (AvgIpc) is 2.89. The molecule has 3 heteroatoms. The topological polar surface area (TPSA) is 44.9 Å². The van der Waals surface area contributed by atoms with E-state index >= 15 is 0 Å². The average molecular weight is 294 g/mol. The second-order valence-electron chi connectivity index (χ2n) is 7.92. The molecule has 1 aromatic carbocycles. The molecule has 0 aliphatic heterocycles. The highest BCUT2D eigenvalue weighted by Crippen LogP contribution is 2.55. The lowest BCUT2D eigenvalue weighted by Gasteiger charge is -2.56. The number of benzene rings is 1. The van der Waals surface area contributed by atoms with E-state index in [1.165, 1.54) is 38.5 Å². The number of aromatic amines is 1. The van der Waals surface area contributed by atoms with Crippen LogP contribution in [0.15, 0.2) is 30.3 Å². The number of amides is 1. The van der Waals surface area contributed by atoms with Crippen molar-refractivity contribution in [3.63, 3.8) is 0 Å². The zero-order chi connectivity index (χ0) is 14.7. The Hall–Kier alpha value is -1.77. The number of aromatic nitrogens is 1. The van der Waals surface area contributed by atoms with Crippen LogP contribution in [0, 0.1) is 17.8 Å². The van der Waals surface area contributed by atoms with Crippen molar-refractivity contribution in [2.45, 2.75) is 44.1 Å². The first-order chi connectivity index (χ1) is 10.7. The fourth-order valence-corrected chi connectivity index (χ4v) is 5.77. The number of hydrogen-bond donors (Lipinski definition) is 2. The van der Waals surface area contributed by atoms with Gasteiger partial charge in [-0.15, -0.1) is 0 Å². The third-order valence-electron chi connectivity index (χ3n) is 6.19.